The maximum absolute atomic E-state index is 13.2. The summed E-state index contributed by atoms with van der Waals surface area (Å²) in [4.78, 5) is 46.3. The average molecular weight is 924 g/mol. The lowest BCUT2D eigenvalue weighted by Gasteiger charge is -2.22. The van der Waals surface area contributed by atoms with Crippen LogP contribution >= 0.6 is 11.6 Å². The van der Waals surface area contributed by atoms with Crippen LogP contribution in [-0.4, -0.2) is 87.3 Å². The number of aliphatic hydroxyl groups is 3. The molecule has 1 aliphatic rings. The van der Waals surface area contributed by atoms with Crippen molar-refractivity contribution >= 4 is 50.8 Å². The molecule has 2 atom stereocenters. The Balaban J connectivity index is 0.000000290. The monoisotopic (exact) mass is 922 g/mol. The van der Waals surface area contributed by atoms with E-state index in [0.717, 1.165) is 74.0 Å². The van der Waals surface area contributed by atoms with Crippen molar-refractivity contribution in [3.8, 4) is 0 Å². The predicted molar refractivity (Wildman–Crippen MR) is 264 cm³/mol. The highest BCUT2D eigenvalue weighted by Gasteiger charge is 2.24. The summed E-state index contributed by atoms with van der Waals surface area (Å²) in [5, 5.41) is 32.9. The normalized spacial score (nSPS) is 12.6. The molecule has 1 aliphatic heterocycles. The SMILES string of the molecule is C1CCOC1.CC(C)(C)OC(=O)NCC(C(=O)Cc1ccc2cnccc2c1)c1ccc(CO)cc1.CCCl.CCO.NCC(C(=O)Cc1ccc2cnccc2c1)c1ccc(CO)cc1. The van der Waals surface area contributed by atoms with E-state index in [1.54, 1.807) is 58.4 Å². The van der Waals surface area contributed by atoms with Gasteiger partial charge in [0.25, 0.3) is 0 Å². The number of amides is 1. The van der Waals surface area contributed by atoms with Gasteiger partial charge in [-0.1, -0.05) is 91.9 Å². The fraction of sp³-hybridized carbons (Fsp3) is 0.377. The molecule has 2 aromatic heterocycles. The molecule has 13 heteroatoms. The molecule has 4 aromatic carbocycles. The Bertz CT molecular complexity index is 2340. The van der Waals surface area contributed by atoms with Crippen molar-refractivity contribution < 1.29 is 39.2 Å². The van der Waals surface area contributed by atoms with E-state index < -0.39 is 17.6 Å². The van der Waals surface area contributed by atoms with Crippen LogP contribution < -0.4 is 11.1 Å². The molecule has 6 N–H and O–H groups in total. The van der Waals surface area contributed by atoms with Crippen molar-refractivity contribution in [3.05, 3.63) is 155 Å². The number of rotatable bonds is 13. The highest BCUT2D eigenvalue weighted by molar-refractivity contribution is 6.17. The first-order chi connectivity index (χ1) is 31.8. The summed E-state index contributed by atoms with van der Waals surface area (Å²) < 4.78 is 10.3. The van der Waals surface area contributed by atoms with Crippen LogP contribution in [0.4, 0.5) is 4.79 Å². The van der Waals surface area contributed by atoms with Crippen molar-refractivity contribution in [3.63, 3.8) is 0 Å². The molecule has 1 fully saturated rings. The quantitative estimate of drug-likeness (QED) is 0.0696. The summed E-state index contributed by atoms with van der Waals surface area (Å²) >= 11 is 5.00. The maximum atomic E-state index is 13.2. The van der Waals surface area contributed by atoms with E-state index in [0.29, 0.717) is 6.42 Å². The van der Waals surface area contributed by atoms with Gasteiger partial charge in [-0.15, -0.1) is 11.6 Å². The number of alkyl halides is 1. The second-order valence-electron chi connectivity index (χ2n) is 16.3. The number of ketones is 2. The number of Topliss-reactive ketones (excluding diaryl/α,β-unsaturated/α-hetero) is 2. The third-order valence-electron chi connectivity index (χ3n) is 9.99. The second-order valence-corrected chi connectivity index (χ2v) is 16.9. The molecule has 0 aliphatic carbocycles. The molecule has 0 bridgehead atoms. The largest absolute Gasteiger partial charge is 0.444 e. The minimum absolute atomic E-state index is 0.00648. The van der Waals surface area contributed by atoms with Crippen molar-refractivity contribution in [2.45, 2.75) is 91.0 Å². The van der Waals surface area contributed by atoms with Gasteiger partial charge in [-0.25, -0.2) is 4.79 Å². The Morgan fingerprint density at radius 3 is 1.47 bits per heavy atom. The highest BCUT2D eigenvalue weighted by atomic mass is 35.5. The zero-order valence-electron chi connectivity index (χ0n) is 38.9. The molecular weight excluding hydrogens is 856 g/mol. The first-order valence-corrected chi connectivity index (χ1v) is 22.8. The van der Waals surface area contributed by atoms with Gasteiger partial charge in [0.05, 0.1) is 25.0 Å². The molecule has 0 radical (unpaired) electrons. The lowest BCUT2D eigenvalue weighted by molar-refractivity contribution is -0.120. The molecule has 0 saturated carbocycles. The van der Waals surface area contributed by atoms with E-state index in [4.69, 9.17) is 37.0 Å². The molecule has 12 nitrogen and oxygen atoms in total. The lowest BCUT2D eigenvalue weighted by atomic mass is 9.90. The number of aromatic nitrogens is 2. The number of ether oxygens (including phenoxy) is 2. The molecule has 1 saturated heterocycles. The molecule has 66 heavy (non-hydrogen) atoms. The lowest BCUT2D eigenvalue weighted by Crippen LogP contribution is -2.36. The number of alkyl carbamates (subject to hydrolysis) is 1. The number of nitrogens with two attached hydrogens (primary N) is 1. The summed E-state index contributed by atoms with van der Waals surface area (Å²) in [7, 11) is 0. The molecule has 7 rings (SSSR count). The van der Waals surface area contributed by atoms with E-state index in [1.807, 2.05) is 98.0 Å². The van der Waals surface area contributed by atoms with E-state index in [9.17, 15) is 19.5 Å². The maximum Gasteiger partial charge on any atom is 0.407 e. The fourth-order valence-electron chi connectivity index (χ4n) is 6.73. The van der Waals surface area contributed by atoms with Crippen LogP contribution in [0, 0.1) is 0 Å². The first kappa shape index (κ1) is 54.7. The number of hydrogen-bond donors (Lipinski definition) is 5. The first-order valence-electron chi connectivity index (χ1n) is 22.3. The van der Waals surface area contributed by atoms with Crippen LogP contribution in [0.25, 0.3) is 21.5 Å². The molecule has 3 heterocycles. The molecular formula is C53H67ClN4O8. The Morgan fingerprint density at radius 1 is 0.682 bits per heavy atom. The number of hydrogen-bond acceptors (Lipinski definition) is 11. The zero-order valence-corrected chi connectivity index (χ0v) is 39.7. The predicted octanol–water partition coefficient (Wildman–Crippen LogP) is 8.77. The van der Waals surface area contributed by atoms with E-state index in [1.165, 1.54) is 12.8 Å². The Hall–Kier alpha value is -5.60. The number of halogens is 1. The summed E-state index contributed by atoms with van der Waals surface area (Å²) in [6.07, 6.45) is 9.66. The standard InChI is InChI=1S/C25H28N2O4.C20H20N2O2.C4H8O.C2H5Cl.C2H6O/c1-25(2,3)31-24(30)27-15-22(19-7-4-17(16-28)5-8-19)23(29)13-18-6-9-21-14-26-11-10-20(21)12-18;21-11-19(16-4-1-14(13-23)2-5-16)20(24)10-15-3-6-18-12-22-8-7-17(18)9-15;1-2-4-5-3-1;2*1-2-3/h4-12,14,22,28H,13,15-16H2,1-3H3,(H,27,30);1-9,12,19,23H,10-11,13,21H2;1-4H2;2H2,1H3;3H,2H2,1H3. The average Bonchev–Trinajstić information content (AvgIpc) is 3.91. The zero-order chi connectivity index (χ0) is 48.3. The van der Waals surface area contributed by atoms with Gasteiger partial charge in [-0.2, -0.15) is 0 Å². The van der Waals surface area contributed by atoms with E-state index in [2.05, 4.69) is 15.3 Å². The topological polar surface area (TPSA) is 194 Å². The summed E-state index contributed by atoms with van der Waals surface area (Å²) in [5.74, 6) is -0.0526. The number of nitrogens with zero attached hydrogens (tertiary/aromatic N) is 2. The van der Waals surface area contributed by atoms with Crippen molar-refractivity contribution in [1.29, 1.82) is 0 Å². The summed E-state index contributed by atoms with van der Waals surface area (Å²) in [6.45, 7) is 11.5. The summed E-state index contributed by atoms with van der Waals surface area (Å²) in [6, 6.07) is 30.3. The third kappa shape index (κ3) is 19.5. The van der Waals surface area contributed by atoms with Gasteiger partial charge < -0.3 is 35.8 Å². The summed E-state index contributed by atoms with van der Waals surface area (Å²) in [5.41, 5.74) is 10.4. The van der Waals surface area contributed by atoms with Crippen LogP contribution in [0.5, 0.6) is 0 Å². The Labute approximate surface area is 394 Å². The molecule has 1 amide bonds. The Morgan fingerprint density at radius 2 is 1.09 bits per heavy atom. The van der Waals surface area contributed by atoms with Gasteiger partial charge in [0.2, 0.25) is 0 Å². The molecule has 354 valence electrons. The van der Waals surface area contributed by atoms with E-state index >= 15 is 0 Å². The number of carbonyl (C=O) groups excluding carboxylic acids is 3. The number of benzene rings is 4. The highest BCUT2D eigenvalue weighted by Crippen LogP contribution is 2.23. The number of aliphatic hydroxyl groups excluding tert-OH is 3. The van der Waals surface area contributed by atoms with E-state index in [-0.39, 0.29) is 56.8 Å². The van der Waals surface area contributed by atoms with Crippen LogP contribution in [0.1, 0.15) is 92.7 Å². The fourth-order valence-corrected chi connectivity index (χ4v) is 6.73. The molecule has 2 unspecified atom stereocenters. The number of fused-ring (bicyclic) bond motifs is 2. The van der Waals surface area contributed by atoms with Crippen molar-refractivity contribution in [2.24, 2.45) is 5.73 Å². The number of carbonyl (C=O) groups is 3. The minimum Gasteiger partial charge on any atom is -0.444 e. The van der Waals surface area contributed by atoms with Crippen LogP contribution in [0.3, 0.4) is 0 Å². The van der Waals surface area contributed by atoms with Crippen molar-refractivity contribution in [2.75, 3.05) is 38.8 Å². The number of nitrogens with one attached hydrogen (secondary N) is 1. The van der Waals surface area contributed by atoms with Crippen molar-refractivity contribution in [1.82, 2.24) is 15.3 Å². The van der Waals surface area contributed by atoms with Gasteiger partial charge in [-0.05, 0) is 96.8 Å². The van der Waals surface area contributed by atoms with Gasteiger partial charge in [0.15, 0.2) is 0 Å². The van der Waals surface area contributed by atoms with Crippen LogP contribution in [0.15, 0.2) is 122 Å². The van der Waals surface area contributed by atoms with Crippen LogP contribution in [-0.2, 0) is 45.1 Å². The smallest absolute Gasteiger partial charge is 0.407 e. The molecule has 6 aromatic rings. The third-order valence-corrected chi connectivity index (χ3v) is 9.99. The van der Waals surface area contributed by atoms with Gasteiger partial charge in [0, 0.05) is 87.2 Å². The minimum atomic E-state index is -0.619. The molecule has 0 spiro atoms. The van der Waals surface area contributed by atoms with Crippen LogP contribution in [0.2, 0.25) is 0 Å². The van der Waals surface area contributed by atoms with Gasteiger partial charge in [0.1, 0.15) is 17.2 Å². The van der Waals surface area contributed by atoms with Gasteiger partial charge >= 0.3 is 6.09 Å². The van der Waals surface area contributed by atoms with Gasteiger partial charge in [-0.3, -0.25) is 19.6 Å². The number of pyridine rings is 2. The second kappa shape index (κ2) is 29.8. The Kier molecular flexibility index (Phi) is 24.7.